The molecule has 2 aliphatic carbocycles. The van der Waals surface area contributed by atoms with Crippen molar-refractivity contribution < 1.29 is 22.2 Å². The first-order valence-electron chi connectivity index (χ1n) is 12.1. The second kappa shape index (κ2) is 10.3. The molecule has 1 aliphatic heterocycles. The van der Waals surface area contributed by atoms with Gasteiger partial charge in [0.15, 0.2) is 17.3 Å². The van der Waals surface area contributed by atoms with Gasteiger partial charge in [0, 0.05) is 52.9 Å². The lowest BCUT2D eigenvalue weighted by molar-refractivity contribution is -0.117. The molecule has 0 spiro atoms. The van der Waals surface area contributed by atoms with Gasteiger partial charge in [-0.3, -0.25) is 9.59 Å². The van der Waals surface area contributed by atoms with Crippen LogP contribution in [0.3, 0.4) is 0 Å². The van der Waals surface area contributed by atoms with Crippen LogP contribution in [0.5, 0.6) is 5.75 Å². The van der Waals surface area contributed by atoms with Gasteiger partial charge in [-0.05, 0) is 106 Å². The Kier molecular flexibility index (Phi) is 7.44. The Labute approximate surface area is 238 Å². The maximum atomic E-state index is 13.3. The van der Waals surface area contributed by atoms with Crippen molar-refractivity contribution in [2.45, 2.75) is 56.3 Å². The van der Waals surface area contributed by atoms with Gasteiger partial charge in [-0.1, -0.05) is 11.6 Å². The number of ketones is 2. The van der Waals surface area contributed by atoms with Crippen LogP contribution in [0, 0.1) is 0 Å². The smallest absolute Gasteiger partial charge is 0.339 e. The molecule has 0 bridgehead atoms. The summed E-state index contributed by atoms with van der Waals surface area (Å²) in [4.78, 5) is 28.8. The van der Waals surface area contributed by atoms with Gasteiger partial charge in [0.05, 0.1) is 8.95 Å². The molecule has 2 aromatic rings. The Morgan fingerprint density at radius 3 is 1.92 bits per heavy atom. The normalized spacial score (nSPS) is 18.8. The van der Waals surface area contributed by atoms with Gasteiger partial charge in [0.2, 0.25) is 0 Å². The molecular formula is C27H24Br2ClNO5S. The van der Waals surface area contributed by atoms with E-state index in [4.69, 9.17) is 15.8 Å². The molecule has 0 amide bonds. The molecule has 0 atom stereocenters. The Balaban J connectivity index is 1.61. The van der Waals surface area contributed by atoms with Crippen molar-refractivity contribution in [2.75, 3.05) is 6.54 Å². The average molecular weight is 670 g/mol. The van der Waals surface area contributed by atoms with Crippen LogP contribution >= 0.6 is 43.5 Å². The highest BCUT2D eigenvalue weighted by Gasteiger charge is 2.43. The summed E-state index contributed by atoms with van der Waals surface area (Å²) in [5, 5.41) is 0.414. The van der Waals surface area contributed by atoms with Crippen molar-refractivity contribution in [3.8, 4) is 5.75 Å². The summed E-state index contributed by atoms with van der Waals surface area (Å²) in [5.41, 5.74) is 4.12. The highest BCUT2D eigenvalue weighted by atomic mass is 79.9. The first-order chi connectivity index (χ1) is 17.6. The minimum atomic E-state index is -4.13. The largest absolute Gasteiger partial charge is 0.377 e. The van der Waals surface area contributed by atoms with Gasteiger partial charge in [-0.25, -0.2) is 0 Å². The van der Waals surface area contributed by atoms with Gasteiger partial charge < -0.3 is 9.08 Å². The zero-order valence-corrected chi connectivity index (χ0v) is 24.8. The van der Waals surface area contributed by atoms with E-state index in [-0.39, 0.29) is 22.2 Å². The number of hydrogen-bond acceptors (Lipinski definition) is 6. The summed E-state index contributed by atoms with van der Waals surface area (Å²) in [6.45, 7) is 2.75. The summed E-state index contributed by atoms with van der Waals surface area (Å²) in [6, 6.07) is 9.21. The first kappa shape index (κ1) is 26.7. The molecule has 0 saturated carbocycles. The van der Waals surface area contributed by atoms with Crippen LogP contribution in [0.25, 0.3) is 0 Å². The standard InChI is InChI=1S/C27H24Br2ClNO5S/c1-2-31-20-5-3-7-22(32)25(20)24(26-21(31)6-4-8-23(26)33)15-13-18(28)27(19(29)14-15)36-37(34,35)17-11-9-16(30)10-12-17/h9-14,24H,2-8H2,1H3. The van der Waals surface area contributed by atoms with E-state index in [9.17, 15) is 18.0 Å². The van der Waals surface area contributed by atoms with E-state index >= 15 is 0 Å². The summed E-state index contributed by atoms with van der Waals surface area (Å²) in [7, 11) is -4.13. The quantitative estimate of drug-likeness (QED) is 0.317. The molecular weight excluding hydrogens is 646 g/mol. The Morgan fingerprint density at radius 1 is 0.919 bits per heavy atom. The number of halogens is 3. The van der Waals surface area contributed by atoms with E-state index < -0.39 is 16.0 Å². The molecule has 2 aromatic carbocycles. The Bertz CT molecular complexity index is 1410. The summed E-state index contributed by atoms with van der Waals surface area (Å²) in [6.07, 6.45) is 4.07. The van der Waals surface area contributed by atoms with Gasteiger partial charge in [-0.2, -0.15) is 8.42 Å². The highest BCUT2D eigenvalue weighted by molar-refractivity contribution is 9.11. The number of benzene rings is 2. The van der Waals surface area contributed by atoms with Crippen molar-refractivity contribution >= 4 is 65.1 Å². The molecule has 0 N–H and O–H groups in total. The maximum Gasteiger partial charge on any atom is 0.339 e. The van der Waals surface area contributed by atoms with Crippen LogP contribution < -0.4 is 4.18 Å². The number of allylic oxidation sites excluding steroid dienone is 4. The van der Waals surface area contributed by atoms with Crippen molar-refractivity contribution in [3.63, 3.8) is 0 Å². The fourth-order valence-electron chi connectivity index (χ4n) is 5.52. The topological polar surface area (TPSA) is 80.8 Å². The maximum absolute atomic E-state index is 13.3. The zero-order valence-electron chi connectivity index (χ0n) is 20.0. The molecule has 37 heavy (non-hydrogen) atoms. The molecule has 0 unspecified atom stereocenters. The summed E-state index contributed by atoms with van der Waals surface area (Å²) in [5.74, 6) is -0.291. The molecule has 5 rings (SSSR count). The number of carbonyl (C=O) groups is 2. The number of hydrogen-bond donors (Lipinski definition) is 0. The van der Waals surface area contributed by atoms with Crippen molar-refractivity contribution in [3.05, 3.63) is 78.5 Å². The average Bonchev–Trinajstić information content (AvgIpc) is 2.85. The lowest BCUT2D eigenvalue weighted by Crippen LogP contribution is -2.39. The molecule has 0 fully saturated rings. The van der Waals surface area contributed by atoms with Gasteiger partial charge in [-0.15, -0.1) is 0 Å². The second-order valence-corrected chi connectivity index (χ2v) is 12.9. The number of carbonyl (C=O) groups excluding carboxylic acids is 2. The van der Waals surface area contributed by atoms with E-state index in [2.05, 4.69) is 36.8 Å². The predicted molar refractivity (Wildman–Crippen MR) is 148 cm³/mol. The fourth-order valence-corrected chi connectivity index (χ4v) is 8.21. The van der Waals surface area contributed by atoms with Crippen molar-refractivity contribution in [1.29, 1.82) is 0 Å². The van der Waals surface area contributed by atoms with Crippen LogP contribution in [-0.2, 0) is 19.7 Å². The van der Waals surface area contributed by atoms with Crippen molar-refractivity contribution in [2.24, 2.45) is 0 Å². The summed E-state index contributed by atoms with van der Waals surface area (Å²) < 4.78 is 32.1. The molecule has 1 heterocycles. The minimum Gasteiger partial charge on any atom is -0.377 e. The number of rotatable bonds is 5. The minimum absolute atomic E-state index is 0.0306. The van der Waals surface area contributed by atoms with Crippen LogP contribution in [0.15, 0.2) is 72.8 Å². The Hall–Kier alpha value is -1.94. The molecule has 0 radical (unpaired) electrons. The lowest BCUT2D eigenvalue weighted by atomic mass is 9.71. The van der Waals surface area contributed by atoms with E-state index in [1.807, 2.05) is 6.92 Å². The van der Waals surface area contributed by atoms with Crippen LogP contribution in [0.2, 0.25) is 5.02 Å². The molecule has 0 aromatic heterocycles. The highest BCUT2D eigenvalue weighted by Crippen LogP contribution is 2.50. The molecule has 3 aliphatic rings. The van der Waals surface area contributed by atoms with E-state index in [0.29, 0.717) is 44.5 Å². The third kappa shape index (κ3) is 4.84. The van der Waals surface area contributed by atoms with Gasteiger partial charge in [0.25, 0.3) is 0 Å². The van der Waals surface area contributed by atoms with E-state index in [0.717, 1.165) is 42.6 Å². The fraction of sp³-hybridized carbons (Fsp3) is 0.333. The van der Waals surface area contributed by atoms with E-state index in [1.165, 1.54) is 24.3 Å². The van der Waals surface area contributed by atoms with Crippen LogP contribution in [0.4, 0.5) is 0 Å². The number of nitrogens with zero attached hydrogens (tertiary/aromatic N) is 1. The number of Topliss-reactive ketones (excluding diaryl/α,β-unsaturated/α-hetero) is 2. The predicted octanol–water partition coefficient (Wildman–Crippen LogP) is 7.07. The molecule has 0 saturated heterocycles. The third-order valence-electron chi connectivity index (χ3n) is 7.05. The first-order valence-corrected chi connectivity index (χ1v) is 15.5. The Morgan fingerprint density at radius 2 is 1.43 bits per heavy atom. The van der Waals surface area contributed by atoms with Crippen LogP contribution in [0.1, 0.15) is 56.9 Å². The van der Waals surface area contributed by atoms with Crippen LogP contribution in [-0.4, -0.2) is 31.4 Å². The van der Waals surface area contributed by atoms with Gasteiger partial charge in [0.1, 0.15) is 4.90 Å². The lowest BCUT2D eigenvalue weighted by Gasteiger charge is -2.43. The van der Waals surface area contributed by atoms with Gasteiger partial charge >= 0.3 is 10.1 Å². The van der Waals surface area contributed by atoms with E-state index in [1.54, 1.807) is 12.1 Å². The monoisotopic (exact) mass is 667 g/mol. The summed E-state index contributed by atoms with van der Waals surface area (Å²) >= 11 is 12.9. The third-order valence-corrected chi connectivity index (χ3v) is 9.72. The molecule has 10 heteroatoms. The molecule has 194 valence electrons. The van der Waals surface area contributed by atoms with Crippen molar-refractivity contribution in [1.82, 2.24) is 4.90 Å². The zero-order chi connectivity index (χ0) is 26.5. The molecule has 6 nitrogen and oxygen atoms in total. The second-order valence-electron chi connectivity index (χ2n) is 9.26. The SMILES string of the molecule is CCN1C2=C(C(=O)CCC2)C(c2cc(Br)c(OS(=O)(=O)c3ccc(Cl)cc3)c(Br)c2)C2=C1CCCC2=O.